The first-order valence-corrected chi connectivity index (χ1v) is 4.84. The molecule has 7 nitrogen and oxygen atoms in total. The van der Waals surface area contributed by atoms with Crippen molar-refractivity contribution in [3.05, 3.63) is 0 Å². The van der Waals surface area contributed by atoms with Crippen LogP contribution < -0.4 is 0 Å². The number of carbonyl (C=O) groups is 1. The molecule has 7 heteroatoms. The number of rotatable bonds is 8. The molecule has 5 N–H and O–H groups in total. The normalized spacial score (nSPS) is 20.9. The van der Waals surface area contributed by atoms with Gasteiger partial charge in [-0.15, -0.1) is 0 Å². The second-order valence-electron chi connectivity index (χ2n) is 3.49. The summed E-state index contributed by atoms with van der Waals surface area (Å²) in [5.74, 6) is 0. The van der Waals surface area contributed by atoms with Crippen molar-refractivity contribution in [3.8, 4) is 0 Å². The van der Waals surface area contributed by atoms with Crippen LogP contribution in [0.2, 0.25) is 0 Å². The van der Waals surface area contributed by atoms with Crippen molar-refractivity contribution in [1.29, 1.82) is 0 Å². The van der Waals surface area contributed by atoms with Crippen LogP contribution in [0, 0.1) is 0 Å². The van der Waals surface area contributed by atoms with Gasteiger partial charge >= 0.3 is 0 Å². The van der Waals surface area contributed by atoms with Crippen molar-refractivity contribution in [1.82, 2.24) is 0 Å². The Bertz CT molecular complexity index is 196. The lowest BCUT2D eigenvalue weighted by Crippen LogP contribution is -2.46. The van der Waals surface area contributed by atoms with Gasteiger partial charge < -0.3 is 35.1 Å². The monoisotopic (exact) mass is 238 g/mol. The van der Waals surface area contributed by atoms with Crippen molar-refractivity contribution in [2.24, 2.45) is 0 Å². The maximum Gasteiger partial charge on any atom is 0.151 e. The van der Waals surface area contributed by atoms with Gasteiger partial charge in [0.2, 0.25) is 0 Å². The smallest absolute Gasteiger partial charge is 0.151 e. The van der Waals surface area contributed by atoms with Crippen LogP contribution in [0.1, 0.15) is 6.92 Å². The number of carbonyl (C=O) groups excluding carboxylic acids is 1. The van der Waals surface area contributed by atoms with Crippen LogP contribution >= 0.6 is 0 Å². The first-order chi connectivity index (χ1) is 7.43. The van der Waals surface area contributed by atoms with E-state index in [2.05, 4.69) is 0 Å². The highest BCUT2D eigenvalue weighted by atomic mass is 16.5. The second kappa shape index (κ2) is 7.66. The molecule has 96 valence electrons. The molecule has 0 saturated carbocycles. The van der Waals surface area contributed by atoms with Gasteiger partial charge in [-0.2, -0.15) is 0 Å². The topological polar surface area (TPSA) is 127 Å². The van der Waals surface area contributed by atoms with Gasteiger partial charge in [0.05, 0.1) is 19.3 Å². The minimum Gasteiger partial charge on any atom is -0.394 e. The average molecular weight is 238 g/mol. The van der Waals surface area contributed by atoms with Crippen LogP contribution in [-0.4, -0.2) is 75.6 Å². The molecule has 0 spiro atoms. The van der Waals surface area contributed by atoms with E-state index in [4.69, 9.17) is 20.1 Å². The molecule has 0 rings (SSSR count). The summed E-state index contributed by atoms with van der Waals surface area (Å²) in [5, 5.41) is 45.1. The molecule has 0 aromatic rings. The molecular formula is C9H18O7. The minimum atomic E-state index is -1.59. The summed E-state index contributed by atoms with van der Waals surface area (Å²) < 4.78 is 4.78. The Labute approximate surface area is 92.9 Å². The van der Waals surface area contributed by atoms with E-state index in [0.717, 1.165) is 0 Å². The molecule has 0 aliphatic rings. The fraction of sp³-hybridized carbons (Fsp3) is 0.889. The van der Waals surface area contributed by atoms with E-state index in [0.29, 0.717) is 0 Å². The maximum absolute atomic E-state index is 10.6. The molecule has 0 aromatic heterocycles. The molecule has 16 heavy (non-hydrogen) atoms. The van der Waals surface area contributed by atoms with Crippen molar-refractivity contribution < 1.29 is 35.1 Å². The number of aldehydes is 1. The van der Waals surface area contributed by atoms with Crippen LogP contribution in [0.5, 0.6) is 0 Å². The first kappa shape index (κ1) is 15.4. The first-order valence-electron chi connectivity index (χ1n) is 4.84. The van der Waals surface area contributed by atoms with E-state index in [1.54, 1.807) is 0 Å². The van der Waals surface area contributed by atoms with E-state index in [1.807, 2.05) is 0 Å². The Morgan fingerprint density at radius 1 is 1.19 bits per heavy atom. The van der Waals surface area contributed by atoms with E-state index in [1.165, 1.54) is 6.92 Å². The number of ether oxygens (including phenoxy) is 1. The number of hydrogen-bond acceptors (Lipinski definition) is 7. The fourth-order valence-electron chi connectivity index (χ4n) is 0.973. The van der Waals surface area contributed by atoms with E-state index < -0.39 is 37.1 Å². The van der Waals surface area contributed by atoms with Gasteiger partial charge in [-0.1, -0.05) is 0 Å². The molecule has 1 unspecified atom stereocenters. The van der Waals surface area contributed by atoms with E-state index in [-0.39, 0.29) is 12.9 Å². The molecule has 0 aliphatic carbocycles. The molecule has 0 heterocycles. The molecule has 0 bridgehead atoms. The Kier molecular flexibility index (Phi) is 7.39. The van der Waals surface area contributed by atoms with Crippen LogP contribution in [0.25, 0.3) is 0 Å². The summed E-state index contributed by atoms with van der Waals surface area (Å²) in [6, 6.07) is 0. The average Bonchev–Trinajstić information content (AvgIpc) is 2.27. The van der Waals surface area contributed by atoms with Gasteiger partial charge in [-0.25, -0.2) is 0 Å². The highest BCUT2D eigenvalue weighted by Crippen LogP contribution is 2.07. The zero-order chi connectivity index (χ0) is 12.7. The van der Waals surface area contributed by atoms with E-state index >= 15 is 0 Å². The highest BCUT2D eigenvalue weighted by molar-refractivity contribution is 5.57. The maximum atomic E-state index is 10.6. The Morgan fingerprint density at radius 3 is 2.12 bits per heavy atom. The van der Waals surface area contributed by atoms with Gasteiger partial charge in [0.1, 0.15) is 24.4 Å². The quantitative estimate of drug-likeness (QED) is 0.286. The fourth-order valence-corrected chi connectivity index (χ4v) is 0.973. The van der Waals surface area contributed by atoms with Crippen molar-refractivity contribution >= 4 is 6.29 Å². The summed E-state index contributed by atoms with van der Waals surface area (Å²) in [4.78, 5) is 10.6. The number of aliphatic hydroxyl groups excluding tert-OH is 5. The largest absolute Gasteiger partial charge is 0.394 e. The molecule has 5 atom stereocenters. The molecule has 0 saturated heterocycles. The summed E-state index contributed by atoms with van der Waals surface area (Å²) in [6.07, 6.45) is -6.63. The molecule has 0 aliphatic heterocycles. The molecular weight excluding hydrogens is 220 g/mol. The van der Waals surface area contributed by atoms with Crippen molar-refractivity contribution in [2.45, 2.75) is 37.4 Å². The van der Waals surface area contributed by atoms with Crippen LogP contribution in [0.4, 0.5) is 0 Å². The van der Waals surface area contributed by atoms with Crippen molar-refractivity contribution in [3.63, 3.8) is 0 Å². The molecule has 0 aromatic carbocycles. The number of aliphatic hydroxyl groups is 5. The predicted molar refractivity (Wildman–Crippen MR) is 52.6 cm³/mol. The Balaban J connectivity index is 4.21. The molecule has 0 amide bonds. The summed E-state index contributed by atoms with van der Waals surface area (Å²) in [6.45, 7) is 0.350. The third-order valence-electron chi connectivity index (χ3n) is 2.01. The van der Waals surface area contributed by atoms with E-state index in [9.17, 15) is 15.0 Å². The van der Waals surface area contributed by atoms with Gasteiger partial charge in [-0.05, 0) is 6.92 Å². The molecule has 0 radical (unpaired) electrons. The Morgan fingerprint density at radius 2 is 1.75 bits per heavy atom. The minimum absolute atomic E-state index is 0.250. The lowest BCUT2D eigenvalue weighted by molar-refractivity contribution is -0.147. The summed E-state index contributed by atoms with van der Waals surface area (Å²) in [5.41, 5.74) is 0. The van der Waals surface area contributed by atoms with Gasteiger partial charge in [-0.3, -0.25) is 0 Å². The third kappa shape index (κ3) is 4.97. The standard InChI is InChI=1S/C9H18O7/c1-5(12)8(14)9(15)7(3-11)16-4-6(13)2-10/h3,5-10,12-15H,2,4H2,1H3/t5-,6?,7+,8+,9-/m1/s1. The highest BCUT2D eigenvalue weighted by Gasteiger charge is 2.30. The van der Waals surface area contributed by atoms with Gasteiger partial charge in [0.25, 0.3) is 0 Å². The van der Waals surface area contributed by atoms with Crippen molar-refractivity contribution in [2.75, 3.05) is 13.2 Å². The van der Waals surface area contributed by atoms with Gasteiger partial charge in [0.15, 0.2) is 6.29 Å². The molecule has 0 fully saturated rings. The zero-order valence-electron chi connectivity index (χ0n) is 8.93. The summed E-state index contributed by atoms with van der Waals surface area (Å²) >= 11 is 0. The lowest BCUT2D eigenvalue weighted by atomic mass is 10.0. The Hall–Kier alpha value is -0.570. The number of hydrogen-bond donors (Lipinski definition) is 5. The van der Waals surface area contributed by atoms with Crippen LogP contribution in [0.15, 0.2) is 0 Å². The zero-order valence-corrected chi connectivity index (χ0v) is 8.93. The third-order valence-corrected chi connectivity index (χ3v) is 2.01. The van der Waals surface area contributed by atoms with Gasteiger partial charge in [0, 0.05) is 0 Å². The lowest BCUT2D eigenvalue weighted by Gasteiger charge is -2.25. The second-order valence-corrected chi connectivity index (χ2v) is 3.49. The van der Waals surface area contributed by atoms with Crippen LogP contribution in [0.3, 0.4) is 0 Å². The summed E-state index contributed by atoms with van der Waals surface area (Å²) in [7, 11) is 0. The SMILES string of the molecule is C[C@@H](O)[C@H](O)[C@H](O)[C@H](C=O)OCC(O)CO. The van der Waals surface area contributed by atoms with Crippen LogP contribution in [-0.2, 0) is 9.53 Å². The predicted octanol–water partition coefficient (Wildman–Crippen LogP) is -2.97.